The van der Waals surface area contributed by atoms with Crippen LogP contribution in [0.4, 0.5) is 5.69 Å². The molecule has 0 saturated carbocycles. The topological polar surface area (TPSA) is 94.3 Å². The zero-order valence-electron chi connectivity index (χ0n) is 9.21. The normalized spacial score (nSPS) is 11.9. The number of sulfone groups is 1. The Balaban J connectivity index is 3.59. The van der Waals surface area contributed by atoms with Crippen LogP contribution in [0.1, 0.15) is 13.8 Å². The molecule has 0 amide bonds. The van der Waals surface area contributed by atoms with Crippen LogP contribution >= 0.6 is 8.46 Å². The van der Waals surface area contributed by atoms with Gasteiger partial charge in [-0.25, -0.2) is 8.42 Å². The molecule has 0 spiro atoms. The number of nitrogens with zero attached hydrogens (tertiary/aromatic N) is 1. The molecule has 17 heavy (non-hydrogen) atoms. The van der Waals surface area contributed by atoms with E-state index in [1.54, 1.807) is 0 Å². The van der Waals surface area contributed by atoms with Crippen LogP contribution in [-0.2, 0) is 14.4 Å². The third-order valence-electron chi connectivity index (χ3n) is 2.20. The monoisotopic (exact) mass is 276 g/mol. The summed E-state index contributed by atoms with van der Waals surface area (Å²) in [7, 11) is -4.61. The summed E-state index contributed by atoms with van der Waals surface area (Å²) in [5, 5.41) is 10.2. The van der Waals surface area contributed by atoms with E-state index in [2.05, 4.69) is 0 Å². The highest BCUT2D eigenvalue weighted by atomic mass is 32.2. The maximum atomic E-state index is 11.9. The third-order valence-corrected chi connectivity index (χ3v) is 4.93. The maximum Gasteiger partial charge on any atom is 0.363 e. The molecular weight excluding hydrogens is 265 g/mol. The molecule has 1 aromatic carbocycles. The quantitative estimate of drug-likeness (QED) is 0.471. The second-order valence-electron chi connectivity index (χ2n) is 3.64. The zero-order valence-corrected chi connectivity index (χ0v) is 11.0. The number of nitro groups is 1. The third kappa shape index (κ3) is 2.68. The minimum atomic E-state index is -3.76. The summed E-state index contributed by atoms with van der Waals surface area (Å²) < 4.78 is 34.6. The standard InChI is InChI=1S/C9H10NO5PS/c1-6(2)17(14,15)9-5-7(16-13)3-4-8(9)10(11)12/h3-6H,1-2H3/p+1. The van der Waals surface area contributed by atoms with Crippen LogP contribution in [0.5, 0.6) is 0 Å². The van der Waals surface area contributed by atoms with Gasteiger partial charge in [0.1, 0.15) is 4.90 Å². The summed E-state index contributed by atoms with van der Waals surface area (Å²) in [6, 6.07) is 3.44. The van der Waals surface area contributed by atoms with Gasteiger partial charge in [-0.2, -0.15) is 0 Å². The van der Waals surface area contributed by atoms with Crippen LogP contribution in [0.3, 0.4) is 0 Å². The molecule has 92 valence electrons. The molecule has 0 heterocycles. The predicted molar refractivity (Wildman–Crippen MR) is 64.1 cm³/mol. The van der Waals surface area contributed by atoms with E-state index in [-0.39, 0.29) is 10.2 Å². The zero-order chi connectivity index (χ0) is 13.2. The Morgan fingerprint density at radius 1 is 1.35 bits per heavy atom. The fourth-order valence-corrected chi connectivity index (χ4v) is 2.90. The molecule has 1 atom stereocenters. The van der Waals surface area contributed by atoms with Crippen LogP contribution in [-0.4, -0.2) is 18.6 Å². The number of benzene rings is 1. The van der Waals surface area contributed by atoms with E-state index in [1.807, 2.05) is 0 Å². The Morgan fingerprint density at radius 2 is 1.94 bits per heavy atom. The molecule has 0 N–H and O–H groups in total. The lowest BCUT2D eigenvalue weighted by atomic mass is 10.3. The predicted octanol–water partition coefficient (Wildman–Crippen LogP) is 1.43. The minimum absolute atomic E-state index is 0.245. The summed E-state index contributed by atoms with van der Waals surface area (Å²) in [5.74, 6) is 0. The van der Waals surface area contributed by atoms with E-state index in [0.29, 0.717) is 0 Å². The smallest absolute Gasteiger partial charge is 0.258 e. The Labute approximate surface area is 99.9 Å². The van der Waals surface area contributed by atoms with Crippen molar-refractivity contribution < 1.29 is 17.9 Å². The Bertz CT molecular complexity index is 567. The molecule has 0 radical (unpaired) electrons. The van der Waals surface area contributed by atoms with Crippen molar-refractivity contribution in [2.24, 2.45) is 0 Å². The molecule has 0 bridgehead atoms. The molecule has 1 aromatic rings. The highest BCUT2D eigenvalue weighted by Gasteiger charge is 2.29. The highest BCUT2D eigenvalue weighted by molar-refractivity contribution is 7.92. The fraction of sp³-hybridized carbons (Fsp3) is 0.333. The molecule has 0 saturated heterocycles. The van der Waals surface area contributed by atoms with E-state index in [0.717, 1.165) is 12.1 Å². The van der Waals surface area contributed by atoms with Gasteiger partial charge < -0.3 is 0 Å². The van der Waals surface area contributed by atoms with Gasteiger partial charge in [0.15, 0.2) is 15.1 Å². The summed E-state index contributed by atoms with van der Waals surface area (Å²) in [4.78, 5) is 9.62. The van der Waals surface area contributed by atoms with Crippen LogP contribution in [0.2, 0.25) is 0 Å². The minimum Gasteiger partial charge on any atom is -0.258 e. The summed E-state index contributed by atoms with van der Waals surface area (Å²) in [5.41, 5.74) is -0.485. The number of rotatable bonds is 4. The average molecular weight is 276 g/mol. The lowest BCUT2D eigenvalue weighted by molar-refractivity contribution is -0.387. The molecule has 0 aliphatic heterocycles. The van der Waals surface area contributed by atoms with Crippen molar-refractivity contribution in [1.82, 2.24) is 0 Å². The highest BCUT2D eigenvalue weighted by Crippen LogP contribution is 2.26. The van der Waals surface area contributed by atoms with Gasteiger partial charge in [0, 0.05) is 12.1 Å². The number of nitro benzene ring substituents is 1. The van der Waals surface area contributed by atoms with E-state index in [4.69, 9.17) is 0 Å². The van der Waals surface area contributed by atoms with Gasteiger partial charge in [0.2, 0.25) is 0 Å². The average Bonchev–Trinajstić information content (AvgIpc) is 2.27. The van der Waals surface area contributed by atoms with Gasteiger partial charge in [-0.15, -0.1) is 0 Å². The molecule has 1 rings (SSSR count). The first-order valence-electron chi connectivity index (χ1n) is 4.71. The molecular formula is C9H11NO5PS+. The second kappa shape index (κ2) is 4.89. The van der Waals surface area contributed by atoms with Crippen molar-refractivity contribution in [1.29, 1.82) is 0 Å². The van der Waals surface area contributed by atoms with Gasteiger partial charge in [0.05, 0.1) is 10.2 Å². The van der Waals surface area contributed by atoms with Crippen molar-refractivity contribution in [3.63, 3.8) is 0 Å². The van der Waals surface area contributed by atoms with Crippen LogP contribution in [0.25, 0.3) is 0 Å². The SMILES string of the molecule is CC(C)S(=O)(=O)c1cc([PH+]=O)ccc1[N+](=O)[O-]. The van der Waals surface area contributed by atoms with Crippen molar-refractivity contribution in [3.8, 4) is 0 Å². The van der Waals surface area contributed by atoms with Gasteiger partial charge in [0.25, 0.3) is 5.69 Å². The van der Waals surface area contributed by atoms with Crippen molar-refractivity contribution in [2.75, 3.05) is 0 Å². The fourth-order valence-electron chi connectivity index (χ4n) is 1.21. The van der Waals surface area contributed by atoms with Crippen LogP contribution in [0.15, 0.2) is 23.1 Å². The molecule has 0 aromatic heterocycles. The molecule has 6 nitrogen and oxygen atoms in total. The van der Waals surface area contributed by atoms with E-state index in [9.17, 15) is 23.1 Å². The van der Waals surface area contributed by atoms with Gasteiger partial charge in [-0.1, -0.05) is 4.57 Å². The van der Waals surface area contributed by atoms with E-state index >= 15 is 0 Å². The molecule has 0 fully saturated rings. The molecule has 0 aliphatic rings. The van der Waals surface area contributed by atoms with Gasteiger partial charge >= 0.3 is 8.46 Å². The number of hydrogen-bond acceptors (Lipinski definition) is 5. The first-order chi connectivity index (χ1) is 7.80. The lowest BCUT2D eigenvalue weighted by Crippen LogP contribution is -2.17. The van der Waals surface area contributed by atoms with Crippen molar-refractivity contribution in [3.05, 3.63) is 28.3 Å². The molecule has 0 aliphatic carbocycles. The van der Waals surface area contributed by atoms with Gasteiger partial charge in [-0.3, -0.25) is 10.1 Å². The Kier molecular flexibility index (Phi) is 3.95. The molecule has 8 heteroatoms. The van der Waals surface area contributed by atoms with Crippen molar-refractivity contribution >= 4 is 29.3 Å². The first-order valence-corrected chi connectivity index (χ1v) is 7.16. The van der Waals surface area contributed by atoms with Crippen LogP contribution in [0, 0.1) is 10.1 Å². The summed E-state index contributed by atoms with van der Waals surface area (Å²) in [6.45, 7) is 2.87. The second-order valence-corrected chi connectivity index (χ2v) is 6.89. The Morgan fingerprint density at radius 3 is 2.35 bits per heavy atom. The lowest BCUT2D eigenvalue weighted by Gasteiger charge is -2.07. The summed E-state index contributed by atoms with van der Waals surface area (Å²) >= 11 is 0. The Hall–Kier alpha value is -1.33. The van der Waals surface area contributed by atoms with Gasteiger partial charge in [-0.05, 0) is 19.9 Å². The molecule has 1 unspecified atom stereocenters. The summed E-state index contributed by atoms with van der Waals surface area (Å²) in [6.07, 6.45) is 0. The van der Waals surface area contributed by atoms with E-state index < -0.39 is 34.2 Å². The maximum absolute atomic E-state index is 11.9. The first kappa shape index (κ1) is 13.7. The largest absolute Gasteiger partial charge is 0.363 e. The van der Waals surface area contributed by atoms with Crippen molar-refractivity contribution in [2.45, 2.75) is 24.0 Å². The number of hydrogen-bond donors (Lipinski definition) is 0. The van der Waals surface area contributed by atoms with Crippen LogP contribution < -0.4 is 5.30 Å². The van der Waals surface area contributed by atoms with E-state index in [1.165, 1.54) is 19.9 Å².